The quantitative estimate of drug-likeness (QED) is 0.753. The summed E-state index contributed by atoms with van der Waals surface area (Å²) < 4.78 is 0. The molecule has 0 spiro atoms. The molecule has 120 valence electrons. The number of Topliss-reactive ketones (excluding diaryl/α,β-unsaturated/α-hetero) is 2. The molecule has 5 nitrogen and oxygen atoms in total. The fraction of sp³-hybridized carbons (Fsp3) is 0.294. The van der Waals surface area contributed by atoms with E-state index in [9.17, 15) is 14.4 Å². The average Bonchev–Trinajstić information content (AvgIpc) is 2.98. The van der Waals surface area contributed by atoms with E-state index in [1.807, 2.05) is 13.0 Å². The summed E-state index contributed by atoms with van der Waals surface area (Å²) in [5, 5.41) is 2.67. The van der Waals surface area contributed by atoms with Crippen molar-refractivity contribution in [2.24, 2.45) is 0 Å². The predicted molar refractivity (Wildman–Crippen MR) is 89.7 cm³/mol. The number of amides is 1. The van der Waals surface area contributed by atoms with Gasteiger partial charge >= 0.3 is 0 Å². The molecular formula is C17H18N2O3S. The number of pyridine rings is 1. The first kappa shape index (κ1) is 17.0. The van der Waals surface area contributed by atoms with Gasteiger partial charge < -0.3 is 5.32 Å². The Bertz CT molecular complexity index is 695. The fourth-order valence-electron chi connectivity index (χ4n) is 2.00. The van der Waals surface area contributed by atoms with Gasteiger partial charge in [0.15, 0.2) is 5.78 Å². The van der Waals surface area contributed by atoms with Gasteiger partial charge in [-0.25, -0.2) is 0 Å². The molecule has 2 aromatic rings. The van der Waals surface area contributed by atoms with Crippen LogP contribution in [0.1, 0.15) is 40.2 Å². The lowest BCUT2D eigenvalue weighted by atomic mass is 10.1. The number of thiophene rings is 1. The molecule has 0 saturated carbocycles. The number of hydrogen-bond acceptors (Lipinski definition) is 5. The zero-order valence-corrected chi connectivity index (χ0v) is 13.7. The van der Waals surface area contributed by atoms with Gasteiger partial charge in [-0.05, 0) is 31.2 Å². The van der Waals surface area contributed by atoms with Crippen molar-refractivity contribution in [3.63, 3.8) is 0 Å². The Morgan fingerprint density at radius 2 is 1.87 bits per heavy atom. The van der Waals surface area contributed by atoms with Gasteiger partial charge in [0.2, 0.25) is 5.91 Å². The van der Waals surface area contributed by atoms with Crippen LogP contribution in [0.4, 0.5) is 5.69 Å². The first-order valence-electron chi connectivity index (χ1n) is 7.36. The van der Waals surface area contributed by atoms with Crippen LogP contribution in [0.3, 0.4) is 0 Å². The van der Waals surface area contributed by atoms with E-state index >= 15 is 0 Å². The molecule has 2 rings (SSSR count). The molecule has 0 saturated heterocycles. The molecule has 6 heteroatoms. The van der Waals surface area contributed by atoms with Crippen LogP contribution in [-0.4, -0.2) is 22.5 Å². The molecule has 0 unspecified atom stereocenters. The maximum atomic E-state index is 11.9. The van der Waals surface area contributed by atoms with Crippen LogP contribution < -0.4 is 5.32 Å². The number of carbonyl (C=O) groups is 3. The summed E-state index contributed by atoms with van der Waals surface area (Å²) in [6, 6.07) is 7.13. The van der Waals surface area contributed by atoms with E-state index < -0.39 is 0 Å². The number of ketones is 2. The lowest BCUT2D eigenvalue weighted by Gasteiger charge is -2.04. The van der Waals surface area contributed by atoms with E-state index in [-0.39, 0.29) is 43.2 Å². The SMILES string of the molecule is Cc1ccc(C(=O)CCC(=O)CCC(=O)Nc2cccnc2)s1. The minimum Gasteiger partial charge on any atom is -0.325 e. The molecule has 0 aliphatic carbocycles. The number of nitrogens with one attached hydrogen (secondary N) is 1. The largest absolute Gasteiger partial charge is 0.325 e. The summed E-state index contributed by atoms with van der Waals surface area (Å²) in [5.41, 5.74) is 0.605. The third-order valence-corrected chi connectivity index (χ3v) is 4.26. The number of hydrogen-bond donors (Lipinski definition) is 1. The first-order chi connectivity index (χ1) is 11.0. The smallest absolute Gasteiger partial charge is 0.224 e. The summed E-state index contributed by atoms with van der Waals surface area (Å²) >= 11 is 1.44. The number of anilines is 1. The summed E-state index contributed by atoms with van der Waals surface area (Å²) in [5.74, 6) is -0.323. The van der Waals surface area contributed by atoms with Gasteiger partial charge in [-0.3, -0.25) is 19.4 Å². The molecular weight excluding hydrogens is 312 g/mol. The van der Waals surface area contributed by atoms with Crippen LogP contribution >= 0.6 is 11.3 Å². The van der Waals surface area contributed by atoms with Crippen molar-refractivity contribution in [3.8, 4) is 0 Å². The second-order valence-electron chi connectivity index (χ2n) is 5.16. The molecule has 0 bridgehead atoms. The Morgan fingerprint density at radius 3 is 2.52 bits per heavy atom. The summed E-state index contributed by atoms with van der Waals surface area (Å²) in [6.07, 6.45) is 3.79. The maximum Gasteiger partial charge on any atom is 0.224 e. The Labute approximate surface area is 138 Å². The van der Waals surface area contributed by atoms with Gasteiger partial charge in [0, 0.05) is 36.8 Å². The van der Waals surface area contributed by atoms with Crippen LogP contribution in [0.2, 0.25) is 0 Å². The minimum absolute atomic E-state index is 0.0174. The third-order valence-electron chi connectivity index (χ3n) is 3.22. The van der Waals surface area contributed by atoms with Gasteiger partial charge in [0.05, 0.1) is 16.8 Å². The Kier molecular flexibility index (Phi) is 6.17. The van der Waals surface area contributed by atoms with E-state index in [0.717, 1.165) is 4.88 Å². The number of nitrogens with zero attached hydrogens (tertiary/aromatic N) is 1. The van der Waals surface area contributed by atoms with E-state index in [1.165, 1.54) is 11.3 Å². The number of aryl methyl sites for hydroxylation is 1. The molecule has 0 aromatic carbocycles. The highest BCUT2D eigenvalue weighted by Gasteiger charge is 2.12. The van der Waals surface area contributed by atoms with Crippen LogP contribution in [-0.2, 0) is 9.59 Å². The molecule has 2 aromatic heterocycles. The van der Waals surface area contributed by atoms with E-state index in [0.29, 0.717) is 10.6 Å². The van der Waals surface area contributed by atoms with Crippen molar-refractivity contribution in [3.05, 3.63) is 46.4 Å². The number of aromatic nitrogens is 1. The lowest BCUT2D eigenvalue weighted by Crippen LogP contribution is -2.14. The van der Waals surface area contributed by atoms with Crippen LogP contribution in [0.25, 0.3) is 0 Å². The highest BCUT2D eigenvalue weighted by atomic mass is 32.1. The molecule has 23 heavy (non-hydrogen) atoms. The zero-order valence-electron chi connectivity index (χ0n) is 12.9. The van der Waals surface area contributed by atoms with E-state index in [2.05, 4.69) is 10.3 Å². The second kappa shape index (κ2) is 8.33. The van der Waals surface area contributed by atoms with Crippen molar-refractivity contribution in [2.75, 3.05) is 5.32 Å². The number of carbonyl (C=O) groups excluding carboxylic acids is 3. The fourth-order valence-corrected chi connectivity index (χ4v) is 2.83. The minimum atomic E-state index is -0.230. The zero-order chi connectivity index (χ0) is 16.7. The van der Waals surface area contributed by atoms with Crippen LogP contribution in [0.15, 0.2) is 36.7 Å². The predicted octanol–water partition coefficient (Wildman–Crippen LogP) is 3.40. The third kappa shape index (κ3) is 5.75. The van der Waals surface area contributed by atoms with Gasteiger partial charge in [-0.1, -0.05) is 0 Å². The molecule has 1 N–H and O–H groups in total. The highest BCUT2D eigenvalue weighted by Crippen LogP contribution is 2.17. The van der Waals surface area contributed by atoms with Crippen molar-refractivity contribution >= 4 is 34.5 Å². The normalized spacial score (nSPS) is 10.3. The van der Waals surface area contributed by atoms with E-state index in [4.69, 9.17) is 0 Å². The van der Waals surface area contributed by atoms with Crippen LogP contribution in [0, 0.1) is 6.92 Å². The van der Waals surface area contributed by atoms with Crippen molar-refractivity contribution < 1.29 is 14.4 Å². The molecule has 0 atom stereocenters. The molecule has 0 aliphatic heterocycles. The lowest BCUT2D eigenvalue weighted by molar-refractivity contribution is -0.122. The number of rotatable bonds is 8. The molecule has 0 fully saturated rings. The van der Waals surface area contributed by atoms with Gasteiger partial charge in [0.25, 0.3) is 0 Å². The highest BCUT2D eigenvalue weighted by molar-refractivity contribution is 7.14. The molecule has 2 heterocycles. The Morgan fingerprint density at radius 1 is 1.09 bits per heavy atom. The first-order valence-corrected chi connectivity index (χ1v) is 8.17. The summed E-state index contributed by atoms with van der Waals surface area (Å²) in [6.45, 7) is 1.94. The average molecular weight is 330 g/mol. The summed E-state index contributed by atoms with van der Waals surface area (Å²) in [4.78, 5) is 41.1. The Balaban J connectivity index is 1.68. The van der Waals surface area contributed by atoms with Gasteiger partial charge in [0.1, 0.15) is 5.78 Å². The monoisotopic (exact) mass is 330 g/mol. The van der Waals surface area contributed by atoms with Gasteiger partial charge in [-0.2, -0.15) is 0 Å². The molecule has 0 radical (unpaired) electrons. The van der Waals surface area contributed by atoms with Gasteiger partial charge in [-0.15, -0.1) is 11.3 Å². The second-order valence-corrected chi connectivity index (χ2v) is 6.45. The molecule has 0 aliphatic rings. The van der Waals surface area contributed by atoms with Crippen molar-refractivity contribution in [1.82, 2.24) is 4.98 Å². The Hall–Kier alpha value is -2.34. The standard InChI is InChI=1S/C17H18N2O3S/c1-12-4-8-16(23-12)15(21)7-5-14(20)6-9-17(22)19-13-3-2-10-18-11-13/h2-4,8,10-11H,5-7,9H2,1H3,(H,19,22). The summed E-state index contributed by atoms with van der Waals surface area (Å²) in [7, 11) is 0. The van der Waals surface area contributed by atoms with Crippen LogP contribution in [0.5, 0.6) is 0 Å². The maximum absolute atomic E-state index is 11.9. The molecule has 1 amide bonds. The topological polar surface area (TPSA) is 76.1 Å². The van der Waals surface area contributed by atoms with Crippen molar-refractivity contribution in [2.45, 2.75) is 32.6 Å². The van der Waals surface area contributed by atoms with Crippen molar-refractivity contribution in [1.29, 1.82) is 0 Å². The van der Waals surface area contributed by atoms with E-state index in [1.54, 1.807) is 30.6 Å².